The Morgan fingerprint density at radius 1 is 1.20 bits per heavy atom. The Hall–Kier alpha value is -3.16. The number of rotatable bonds is 5. The molecule has 1 heterocycles. The van der Waals surface area contributed by atoms with Crippen molar-refractivity contribution in [2.45, 2.75) is 45.1 Å². The minimum atomic E-state index is -0.718. The van der Waals surface area contributed by atoms with Crippen molar-refractivity contribution in [2.75, 3.05) is 7.11 Å². The van der Waals surface area contributed by atoms with Crippen LogP contribution in [0.3, 0.4) is 0 Å². The van der Waals surface area contributed by atoms with Crippen LogP contribution >= 0.6 is 0 Å². The van der Waals surface area contributed by atoms with Gasteiger partial charge >= 0.3 is 12.0 Å². The third-order valence-electron chi connectivity index (χ3n) is 6.18. The van der Waals surface area contributed by atoms with Gasteiger partial charge in [-0.1, -0.05) is 19.4 Å². The van der Waals surface area contributed by atoms with E-state index < -0.39 is 23.8 Å². The number of hydrogen-bond acceptors (Lipinski definition) is 6. The molecule has 4 rings (SSSR count). The van der Waals surface area contributed by atoms with E-state index in [2.05, 4.69) is 5.32 Å². The van der Waals surface area contributed by atoms with E-state index in [1.807, 2.05) is 0 Å². The molecule has 0 aromatic heterocycles. The molecule has 158 valence electrons. The molecule has 3 aliphatic rings. The molecule has 1 aliphatic heterocycles. The average molecular weight is 412 g/mol. The van der Waals surface area contributed by atoms with E-state index in [4.69, 9.17) is 9.47 Å². The first kappa shape index (κ1) is 20.1. The van der Waals surface area contributed by atoms with Gasteiger partial charge in [-0.05, 0) is 54.9 Å². The van der Waals surface area contributed by atoms with Gasteiger partial charge in [-0.3, -0.25) is 24.6 Å². The van der Waals surface area contributed by atoms with E-state index in [1.165, 1.54) is 18.1 Å². The van der Waals surface area contributed by atoms with Gasteiger partial charge in [-0.15, -0.1) is 0 Å². The van der Waals surface area contributed by atoms with Crippen LogP contribution in [0, 0.1) is 11.8 Å². The van der Waals surface area contributed by atoms with Gasteiger partial charge in [0.25, 0.3) is 11.8 Å². The van der Waals surface area contributed by atoms with Gasteiger partial charge in [0.1, 0.15) is 5.57 Å². The SMILES string of the molecule is CCC(=O)Oc1ccc(/C=C2/C(=O)NC(=O)N([C@@H]3C[C@H]4CC[C@H]3C4)C2=O)cc1OC. The minimum absolute atomic E-state index is 0.0993. The second kappa shape index (κ2) is 7.93. The number of esters is 1. The molecular formula is C22H24N2O6. The molecule has 1 N–H and O–H groups in total. The summed E-state index contributed by atoms with van der Waals surface area (Å²) in [5.41, 5.74) is 0.418. The zero-order valence-corrected chi connectivity index (χ0v) is 17.0. The number of fused-ring (bicyclic) bond motifs is 2. The standard InChI is InChI=1S/C22H24N2O6/c1-3-19(25)30-17-7-5-13(11-18(17)29-2)9-15-20(26)23-22(28)24(21(15)27)16-10-12-4-6-14(16)8-12/h5,7,9,11-12,14,16H,3-4,6,8,10H2,1-2H3,(H,23,26,28)/b15-9-/t12-,14-,16+/m0/s1. The van der Waals surface area contributed by atoms with Gasteiger partial charge in [0.05, 0.1) is 7.11 Å². The predicted molar refractivity (Wildman–Crippen MR) is 107 cm³/mol. The summed E-state index contributed by atoms with van der Waals surface area (Å²) in [7, 11) is 1.43. The number of amides is 4. The Morgan fingerprint density at radius 3 is 2.63 bits per heavy atom. The van der Waals surface area contributed by atoms with Crippen molar-refractivity contribution in [1.82, 2.24) is 10.2 Å². The highest BCUT2D eigenvalue weighted by Crippen LogP contribution is 2.47. The molecule has 3 fully saturated rings. The Morgan fingerprint density at radius 2 is 2.00 bits per heavy atom. The number of carbonyl (C=O) groups is 4. The normalized spacial score (nSPS) is 26.9. The molecule has 0 radical (unpaired) electrons. The van der Waals surface area contributed by atoms with Crippen molar-refractivity contribution in [3.05, 3.63) is 29.3 Å². The van der Waals surface area contributed by atoms with E-state index >= 15 is 0 Å². The fraction of sp³-hybridized carbons (Fsp3) is 0.455. The third kappa shape index (κ3) is 3.58. The second-order valence-electron chi connectivity index (χ2n) is 7.97. The molecule has 8 heteroatoms. The largest absolute Gasteiger partial charge is 0.493 e. The van der Waals surface area contributed by atoms with Crippen LogP contribution in [0.4, 0.5) is 4.79 Å². The summed E-state index contributed by atoms with van der Waals surface area (Å²) in [6.45, 7) is 1.68. The zero-order chi connectivity index (χ0) is 21.4. The first-order chi connectivity index (χ1) is 14.4. The smallest absolute Gasteiger partial charge is 0.331 e. The van der Waals surface area contributed by atoms with Crippen molar-refractivity contribution in [3.63, 3.8) is 0 Å². The number of benzene rings is 1. The van der Waals surface area contributed by atoms with Gasteiger partial charge < -0.3 is 9.47 Å². The summed E-state index contributed by atoms with van der Waals surface area (Å²) in [5.74, 6) is -0.270. The van der Waals surface area contributed by atoms with E-state index in [1.54, 1.807) is 25.1 Å². The molecule has 1 aromatic rings. The summed E-state index contributed by atoms with van der Waals surface area (Å²) < 4.78 is 10.5. The van der Waals surface area contributed by atoms with E-state index in [0.29, 0.717) is 23.1 Å². The predicted octanol–water partition coefficient (Wildman–Crippen LogP) is 2.66. The summed E-state index contributed by atoms with van der Waals surface area (Å²) in [6.07, 6.45) is 5.63. The average Bonchev–Trinajstić information content (AvgIpc) is 3.35. The number of ether oxygens (including phenoxy) is 2. The van der Waals surface area contributed by atoms with Gasteiger partial charge in [0.15, 0.2) is 11.5 Å². The lowest BCUT2D eigenvalue weighted by atomic mass is 9.93. The molecule has 30 heavy (non-hydrogen) atoms. The Bertz CT molecular complexity index is 953. The molecule has 2 saturated carbocycles. The topological polar surface area (TPSA) is 102 Å². The molecule has 0 unspecified atom stereocenters. The van der Waals surface area contributed by atoms with E-state index in [0.717, 1.165) is 25.7 Å². The number of nitrogens with zero attached hydrogens (tertiary/aromatic N) is 1. The molecule has 8 nitrogen and oxygen atoms in total. The van der Waals surface area contributed by atoms with Crippen molar-refractivity contribution < 1.29 is 28.7 Å². The summed E-state index contributed by atoms with van der Waals surface area (Å²) in [5, 5.41) is 2.30. The highest BCUT2D eigenvalue weighted by atomic mass is 16.6. The van der Waals surface area contributed by atoms with Crippen molar-refractivity contribution in [3.8, 4) is 11.5 Å². The molecule has 0 spiro atoms. The van der Waals surface area contributed by atoms with Crippen LogP contribution in [0.15, 0.2) is 23.8 Å². The molecule has 4 amide bonds. The third-order valence-corrected chi connectivity index (χ3v) is 6.18. The number of imide groups is 2. The van der Waals surface area contributed by atoms with Crippen molar-refractivity contribution in [2.24, 2.45) is 11.8 Å². The number of carbonyl (C=O) groups excluding carboxylic acids is 4. The van der Waals surface area contributed by atoms with Crippen LogP contribution in [-0.4, -0.2) is 41.9 Å². The maximum absolute atomic E-state index is 13.1. The molecule has 2 aliphatic carbocycles. The van der Waals surface area contributed by atoms with Gasteiger partial charge in [-0.2, -0.15) is 0 Å². The maximum Gasteiger partial charge on any atom is 0.331 e. The van der Waals surface area contributed by atoms with Crippen LogP contribution in [0.1, 0.15) is 44.6 Å². The first-order valence-electron chi connectivity index (χ1n) is 10.2. The molecular weight excluding hydrogens is 388 g/mol. The number of hydrogen-bond donors (Lipinski definition) is 1. The second-order valence-corrected chi connectivity index (χ2v) is 7.97. The van der Waals surface area contributed by atoms with Crippen molar-refractivity contribution >= 4 is 29.9 Å². The lowest BCUT2D eigenvalue weighted by molar-refractivity contribution is -0.134. The van der Waals surface area contributed by atoms with Crippen LogP contribution in [-0.2, 0) is 14.4 Å². The van der Waals surface area contributed by atoms with E-state index in [9.17, 15) is 19.2 Å². The van der Waals surface area contributed by atoms with E-state index in [-0.39, 0.29) is 23.8 Å². The minimum Gasteiger partial charge on any atom is -0.493 e. The number of nitrogens with one attached hydrogen (secondary N) is 1. The lowest BCUT2D eigenvalue weighted by Gasteiger charge is -2.35. The molecule has 1 aromatic carbocycles. The summed E-state index contributed by atoms with van der Waals surface area (Å²) in [6, 6.07) is 3.94. The van der Waals surface area contributed by atoms with Crippen LogP contribution < -0.4 is 14.8 Å². The van der Waals surface area contributed by atoms with Gasteiger partial charge in [0, 0.05) is 12.5 Å². The fourth-order valence-corrected chi connectivity index (χ4v) is 4.72. The first-order valence-corrected chi connectivity index (χ1v) is 10.2. The maximum atomic E-state index is 13.1. The highest BCUT2D eigenvalue weighted by Gasteiger charge is 2.49. The number of barbiturate groups is 1. The quantitative estimate of drug-likeness (QED) is 0.345. The van der Waals surface area contributed by atoms with Crippen molar-refractivity contribution in [1.29, 1.82) is 0 Å². The molecule has 3 atom stereocenters. The van der Waals surface area contributed by atoms with Gasteiger partial charge in [0.2, 0.25) is 0 Å². The highest BCUT2D eigenvalue weighted by molar-refractivity contribution is 6.31. The lowest BCUT2D eigenvalue weighted by Crippen LogP contribution is -2.58. The summed E-state index contributed by atoms with van der Waals surface area (Å²) in [4.78, 5) is 50.7. The molecule has 1 saturated heterocycles. The van der Waals surface area contributed by atoms with Gasteiger partial charge in [-0.25, -0.2) is 4.79 Å². The number of methoxy groups -OCH3 is 1. The Balaban J connectivity index is 1.61. The van der Waals surface area contributed by atoms with Crippen LogP contribution in [0.25, 0.3) is 6.08 Å². The Labute approximate surface area is 174 Å². The Kier molecular flexibility index (Phi) is 5.32. The number of urea groups is 1. The fourth-order valence-electron chi connectivity index (χ4n) is 4.72. The monoisotopic (exact) mass is 412 g/mol. The van der Waals surface area contributed by atoms with Crippen LogP contribution in [0.5, 0.6) is 11.5 Å². The van der Waals surface area contributed by atoms with Crippen LogP contribution in [0.2, 0.25) is 0 Å². The zero-order valence-electron chi connectivity index (χ0n) is 17.0. The summed E-state index contributed by atoms with van der Waals surface area (Å²) >= 11 is 0. The molecule has 2 bridgehead atoms.